The SMILES string of the molecule is CC(C)C[C@H](NC(=O)[C@H](CC(C)C)NC(=O)[C@H](CC(C)C)NC(=O)[C@H](Cc1ccccc1)NC(=O)[C@H](Cc1cnc[nH]1)NC(=O)[C@@H](NC(=O)[C@H](CC(C)C)NC(=O)[C@H](CCC(=O)O)NC(=O)[C@H](C)NC(=O)[C@@H](N)C(C)C)C(C)C)C(=O)N[C@@H](CCCCN)C(=O)N[C@@H](Cc1ccc(O)cc1)C(=O)N[C@@H](CCCNC(=N)N)C(=O)N[C@@H](C)C(=O)N[C@@H](CCCNC(=N)N)C(=O)N[C@@H](CCC(=O)O)C(=O)O. The molecule has 0 saturated carbocycles. The number of phenolic OH excluding ortho intramolecular Hbond substituents is 1. The molecule has 774 valence electrons. The van der Waals surface area contributed by atoms with Crippen molar-refractivity contribution >= 4 is 118 Å². The van der Waals surface area contributed by atoms with Crippen molar-refractivity contribution in [1.82, 2.24) is 100 Å². The molecule has 0 unspecified atom stereocenters. The van der Waals surface area contributed by atoms with Crippen LogP contribution in [-0.2, 0) is 106 Å². The number of carboxylic acids is 3. The zero-order valence-corrected chi connectivity index (χ0v) is 81.8. The van der Waals surface area contributed by atoms with Crippen molar-refractivity contribution in [1.29, 1.82) is 10.8 Å². The molecule has 0 bridgehead atoms. The van der Waals surface area contributed by atoms with Crippen LogP contribution in [0.3, 0.4) is 0 Å². The molecule has 0 aliphatic heterocycles. The van der Waals surface area contributed by atoms with E-state index in [2.05, 4.69) is 100 Å². The third-order valence-corrected chi connectivity index (χ3v) is 22.0. The maximum atomic E-state index is 15.2. The number of aromatic nitrogens is 2. The molecule has 16 atom stereocenters. The van der Waals surface area contributed by atoms with Crippen LogP contribution in [0, 0.1) is 46.3 Å². The summed E-state index contributed by atoms with van der Waals surface area (Å²) in [6, 6.07) is -9.24. The molecule has 3 aromatic rings. The van der Waals surface area contributed by atoms with Gasteiger partial charge in [-0.05, 0) is 163 Å². The lowest BCUT2D eigenvalue weighted by molar-refractivity contribution is -0.143. The average molecular weight is 1960 g/mol. The number of nitrogens with zero attached hydrogens (tertiary/aromatic N) is 1. The monoisotopic (exact) mass is 1960 g/mol. The van der Waals surface area contributed by atoms with Gasteiger partial charge in [0.2, 0.25) is 88.6 Å². The van der Waals surface area contributed by atoms with Gasteiger partial charge in [-0.25, -0.2) is 9.78 Å². The topological polar surface area (TPSA) is 773 Å². The molecule has 3 rings (SSSR count). The number of benzene rings is 2. The Morgan fingerprint density at radius 1 is 0.353 bits per heavy atom. The van der Waals surface area contributed by atoms with Crippen LogP contribution in [0.4, 0.5) is 0 Å². The average Bonchev–Trinajstić information content (AvgIpc) is 1.82. The molecule has 0 fully saturated rings. The van der Waals surface area contributed by atoms with Gasteiger partial charge in [-0.15, -0.1) is 0 Å². The van der Waals surface area contributed by atoms with Crippen LogP contribution in [0.25, 0.3) is 0 Å². The smallest absolute Gasteiger partial charge is 0.326 e. The largest absolute Gasteiger partial charge is 0.508 e. The second kappa shape index (κ2) is 61.5. The summed E-state index contributed by atoms with van der Waals surface area (Å²) >= 11 is 0. The number of carbonyl (C=O) groups is 18. The van der Waals surface area contributed by atoms with Gasteiger partial charge >= 0.3 is 17.9 Å². The van der Waals surface area contributed by atoms with Crippen LogP contribution in [0.5, 0.6) is 5.75 Å². The quantitative estimate of drug-likeness (QED) is 0.0161. The Bertz CT molecular complexity index is 4560. The highest BCUT2D eigenvalue weighted by atomic mass is 16.4. The van der Waals surface area contributed by atoms with Crippen LogP contribution in [0.2, 0.25) is 0 Å². The summed E-state index contributed by atoms with van der Waals surface area (Å²) in [7, 11) is 0. The van der Waals surface area contributed by atoms with Crippen LogP contribution in [-0.4, -0.2) is 265 Å². The maximum Gasteiger partial charge on any atom is 0.326 e. The Morgan fingerprint density at radius 2 is 0.669 bits per heavy atom. The Labute approximate surface area is 809 Å². The summed E-state index contributed by atoms with van der Waals surface area (Å²) in [5.74, 6) is -21.1. The molecule has 47 heteroatoms. The third kappa shape index (κ3) is 46.4. The van der Waals surface area contributed by atoms with E-state index < -0.39 is 247 Å². The Hall–Kier alpha value is -13.6. The predicted octanol–water partition coefficient (Wildman–Crippen LogP) is -2.25. The van der Waals surface area contributed by atoms with E-state index in [0.717, 1.165) is 0 Å². The molecule has 0 spiro atoms. The minimum Gasteiger partial charge on any atom is -0.508 e. The molecule has 47 nitrogen and oxygen atoms in total. The number of carboxylic acid groups (broad SMARTS) is 3. The molecule has 15 amide bonds. The van der Waals surface area contributed by atoms with Gasteiger partial charge in [0.1, 0.15) is 96.4 Å². The number of unbranched alkanes of at least 4 members (excludes halogenated alkanes) is 1. The standard InChI is InChI=1S/C92H149N25O22/c1-47(2)38-64(81(129)107-59(24-18-19-35-93)79(127)114-69(43-56-27-29-58(118)30-28-56)84(132)108-60(25-20-36-100-91(95)96)77(125)103-53(13)75(123)105-61(26-21-37-101-92(97)98)78(126)109-63(90(138)139)32-34-72(121)122)111-82(130)65(39-48(3)4)112-83(131)66(40-49(5)6)113-85(133)68(42-55-22-16-15-17-23-55)115-86(134)70(44-57-45-99-46-102-57)116-89(137)74(52(11)12)117-87(135)67(41-50(7)8)110-80(128)62(31-33-71(119)120)106-76(124)54(14)104-88(136)73(94)51(9)10/h15-17,22-23,27-30,45-54,59-70,73-74,118H,18-21,24-26,31-44,93-94H2,1-14H3,(H,99,102)(H,103,125)(H,104,136)(H,105,123)(H,106,124)(H,107,129)(H,108,132)(H,109,126)(H,110,128)(H,111,130)(H,112,131)(H,113,133)(H,114,127)(H,115,134)(H,116,137)(H,117,135)(H,119,120)(H,121,122)(H,138,139)(H4,95,96,100)(H4,97,98,101)/t53-,54-,59-,60-,61-,62-,63-,64-,65-,66-,67-,68-,69-,70-,73-,74-/m0/s1. The molecule has 32 N–H and O–H groups in total. The van der Waals surface area contributed by atoms with Gasteiger partial charge in [0.15, 0.2) is 11.9 Å². The lowest BCUT2D eigenvalue weighted by Gasteiger charge is -2.30. The van der Waals surface area contributed by atoms with Crippen LogP contribution >= 0.6 is 0 Å². The van der Waals surface area contributed by atoms with Gasteiger partial charge in [0, 0.05) is 57.1 Å². The van der Waals surface area contributed by atoms with E-state index >= 15 is 28.8 Å². The Morgan fingerprint density at radius 3 is 1.03 bits per heavy atom. The number of rotatable bonds is 65. The number of hydrogen-bond donors (Lipinski definition) is 28. The fraction of sp³-hybridized carbons (Fsp3) is 0.620. The third-order valence-electron chi connectivity index (χ3n) is 22.0. The van der Waals surface area contributed by atoms with Gasteiger partial charge in [-0.1, -0.05) is 126 Å². The van der Waals surface area contributed by atoms with E-state index in [0.29, 0.717) is 23.2 Å². The number of carbonyl (C=O) groups excluding carboxylic acids is 15. The van der Waals surface area contributed by atoms with Crippen LogP contribution < -0.4 is 113 Å². The Balaban J connectivity index is 2.05. The molecule has 0 radical (unpaired) electrons. The minimum absolute atomic E-state index is 0.0128. The predicted molar refractivity (Wildman–Crippen MR) is 513 cm³/mol. The lowest BCUT2D eigenvalue weighted by atomic mass is 9.98. The Kier molecular flexibility index (Phi) is 52.9. The summed E-state index contributed by atoms with van der Waals surface area (Å²) in [5.41, 5.74) is 24.1. The van der Waals surface area contributed by atoms with E-state index in [1.165, 1.54) is 50.6 Å². The van der Waals surface area contributed by atoms with Gasteiger partial charge < -0.3 is 139 Å². The number of H-pyrrole nitrogens is 1. The van der Waals surface area contributed by atoms with Crippen molar-refractivity contribution in [2.45, 2.75) is 309 Å². The zero-order valence-electron chi connectivity index (χ0n) is 81.8. The number of aliphatic carboxylic acids is 3. The van der Waals surface area contributed by atoms with Crippen molar-refractivity contribution in [3.05, 3.63) is 83.9 Å². The van der Waals surface area contributed by atoms with E-state index in [1.807, 2.05) is 0 Å². The lowest BCUT2D eigenvalue weighted by Crippen LogP contribution is -2.62. The summed E-state index contributed by atoms with van der Waals surface area (Å²) in [5, 5.41) is 98.7. The van der Waals surface area contributed by atoms with Crippen LogP contribution in [0.15, 0.2) is 67.1 Å². The number of amides is 15. The van der Waals surface area contributed by atoms with Crippen molar-refractivity contribution in [3.8, 4) is 5.75 Å². The summed E-state index contributed by atoms with van der Waals surface area (Å²) in [6.45, 7) is 23.4. The van der Waals surface area contributed by atoms with Crippen molar-refractivity contribution in [2.75, 3.05) is 19.6 Å². The van der Waals surface area contributed by atoms with Gasteiger partial charge in [0.05, 0.1) is 12.4 Å². The zero-order chi connectivity index (χ0) is 105. The van der Waals surface area contributed by atoms with Crippen molar-refractivity contribution in [3.63, 3.8) is 0 Å². The van der Waals surface area contributed by atoms with Gasteiger partial charge in [-0.2, -0.15) is 0 Å². The maximum absolute atomic E-state index is 15.2. The number of aromatic amines is 1. The van der Waals surface area contributed by atoms with Gasteiger partial charge in [0.25, 0.3) is 0 Å². The van der Waals surface area contributed by atoms with E-state index in [4.69, 9.17) is 33.8 Å². The molecule has 1 aromatic heterocycles. The molecule has 139 heavy (non-hydrogen) atoms. The molecule has 1 heterocycles. The summed E-state index contributed by atoms with van der Waals surface area (Å²) < 4.78 is 0. The number of nitrogens with two attached hydrogens (primary N) is 4. The molecule has 0 aliphatic rings. The van der Waals surface area contributed by atoms with E-state index in [9.17, 15) is 78.0 Å². The fourth-order valence-electron chi connectivity index (χ4n) is 14.3. The van der Waals surface area contributed by atoms with E-state index in [1.54, 1.807) is 113 Å². The first kappa shape index (κ1) is 120. The second-order valence-electron chi connectivity index (χ2n) is 37.0. The minimum atomic E-state index is -1.70. The number of hydrogen-bond acceptors (Lipinski definition) is 24. The van der Waals surface area contributed by atoms with Crippen molar-refractivity contribution in [2.24, 2.45) is 58.4 Å². The summed E-state index contributed by atoms with van der Waals surface area (Å²) in [6.07, 6.45) is -0.306. The van der Waals surface area contributed by atoms with Gasteiger partial charge in [-0.3, -0.25) is 92.3 Å². The first-order valence-electron chi connectivity index (χ1n) is 46.9. The molecule has 0 aliphatic carbocycles. The van der Waals surface area contributed by atoms with E-state index in [-0.39, 0.29) is 138 Å². The normalized spacial score (nSPS) is 14.7. The first-order valence-corrected chi connectivity index (χ1v) is 46.9. The first-order chi connectivity index (χ1) is 65.3. The van der Waals surface area contributed by atoms with Crippen LogP contribution in [0.1, 0.15) is 210 Å². The molecular weight excluding hydrogens is 1810 g/mol. The number of phenols is 1. The number of aromatic hydroxyl groups is 1. The number of imidazole rings is 1. The fourth-order valence-corrected chi connectivity index (χ4v) is 14.3. The van der Waals surface area contributed by atoms with Crippen molar-refractivity contribution < 1.29 is 107 Å². The number of nitrogens with one attached hydrogen (secondary N) is 20. The highest BCUT2D eigenvalue weighted by molar-refractivity contribution is 6.01. The number of guanidine groups is 2. The summed E-state index contributed by atoms with van der Waals surface area (Å²) in [4.78, 5) is 259. The highest BCUT2D eigenvalue weighted by Gasteiger charge is 2.40. The molecular formula is C92H149N25O22. The molecule has 2 aromatic carbocycles. The highest BCUT2D eigenvalue weighted by Crippen LogP contribution is 2.19. The molecule has 0 saturated heterocycles. The second-order valence-corrected chi connectivity index (χ2v) is 37.0.